The van der Waals surface area contributed by atoms with Crippen molar-refractivity contribution in [3.05, 3.63) is 60.4 Å². The molecule has 1 atom stereocenters. The zero-order valence-electron chi connectivity index (χ0n) is 9.68. The van der Waals surface area contributed by atoms with E-state index in [2.05, 4.69) is 49.4 Å². The summed E-state index contributed by atoms with van der Waals surface area (Å²) in [6.07, 6.45) is 3.73. The summed E-state index contributed by atoms with van der Waals surface area (Å²) in [5, 5.41) is 2.53. The van der Waals surface area contributed by atoms with Crippen molar-refractivity contribution in [1.82, 2.24) is 0 Å². The Hall–Kier alpha value is -1.76. The first-order valence-corrected chi connectivity index (χ1v) is 5.56. The molecule has 0 amide bonds. The maximum absolute atomic E-state index is 5.55. The van der Waals surface area contributed by atoms with E-state index in [0.29, 0.717) is 0 Å². The van der Waals surface area contributed by atoms with Gasteiger partial charge in [0.2, 0.25) is 0 Å². The Kier molecular flexibility index (Phi) is 3.25. The molecule has 0 aliphatic carbocycles. The molecule has 1 heteroatoms. The van der Waals surface area contributed by atoms with Crippen LogP contribution in [0.1, 0.15) is 25.5 Å². The van der Waals surface area contributed by atoms with Crippen molar-refractivity contribution < 1.29 is 4.74 Å². The fourth-order valence-electron chi connectivity index (χ4n) is 1.74. The van der Waals surface area contributed by atoms with E-state index in [4.69, 9.17) is 4.74 Å². The van der Waals surface area contributed by atoms with E-state index in [-0.39, 0.29) is 6.10 Å². The van der Waals surface area contributed by atoms with Crippen LogP contribution in [0.3, 0.4) is 0 Å². The maximum atomic E-state index is 5.55. The Labute approximate surface area is 96.4 Å². The lowest BCUT2D eigenvalue weighted by atomic mass is 10.0. The first-order valence-electron chi connectivity index (χ1n) is 5.56. The third kappa shape index (κ3) is 2.25. The highest BCUT2D eigenvalue weighted by atomic mass is 16.5. The lowest BCUT2D eigenvalue weighted by Gasteiger charge is -2.12. The van der Waals surface area contributed by atoms with Crippen LogP contribution in [0.5, 0.6) is 0 Å². The molecular formula is C15H16O. The fourth-order valence-corrected chi connectivity index (χ4v) is 1.74. The molecular weight excluding hydrogens is 196 g/mol. The third-order valence-corrected chi connectivity index (χ3v) is 2.66. The van der Waals surface area contributed by atoms with E-state index in [9.17, 15) is 0 Å². The van der Waals surface area contributed by atoms with Crippen molar-refractivity contribution in [2.24, 2.45) is 0 Å². The molecule has 1 unspecified atom stereocenters. The van der Waals surface area contributed by atoms with Gasteiger partial charge >= 0.3 is 0 Å². The number of allylic oxidation sites excluding steroid dienone is 1. The Morgan fingerprint density at radius 3 is 2.56 bits per heavy atom. The maximum Gasteiger partial charge on any atom is 0.120 e. The number of ether oxygens (including phenoxy) is 1. The van der Waals surface area contributed by atoms with Crippen molar-refractivity contribution in [2.75, 3.05) is 0 Å². The van der Waals surface area contributed by atoms with Crippen LogP contribution in [0.2, 0.25) is 0 Å². The lowest BCUT2D eigenvalue weighted by Crippen LogP contribution is -1.94. The molecule has 2 rings (SSSR count). The van der Waals surface area contributed by atoms with Crippen LogP contribution in [-0.2, 0) is 4.74 Å². The second kappa shape index (κ2) is 4.84. The van der Waals surface area contributed by atoms with E-state index >= 15 is 0 Å². The molecule has 0 spiro atoms. The fraction of sp³-hybridized carbons (Fsp3) is 0.200. The summed E-state index contributed by atoms with van der Waals surface area (Å²) < 4.78 is 5.55. The summed E-state index contributed by atoms with van der Waals surface area (Å²) in [5.74, 6) is 0. The number of hydrogen-bond donors (Lipinski definition) is 0. The predicted molar refractivity (Wildman–Crippen MR) is 68.3 cm³/mol. The molecule has 0 N–H and O–H groups in total. The molecule has 0 fully saturated rings. The Balaban J connectivity index is 2.31. The van der Waals surface area contributed by atoms with E-state index in [1.165, 1.54) is 16.3 Å². The monoisotopic (exact) mass is 212 g/mol. The molecule has 0 saturated heterocycles. The summed E-state index contributed by atoms with van der Waals surface area (Å²) in [4.78, 5) is 0. The van der Waals surface area contributed by atoms with Crippen molar-refractivity contribution in [3.8, 4) is 0 Å². The van der Waals surface area contributed by atoms with Crippen molar-refractivity contribution in [2.45, 2.75) is 20.0 Å². The van der Waals surface area contributed by atoms with Gasteiger partial charge in [0, 0.05) is 0 Å². The van der Waals surface area contributed by atoms with Gasteiger partial charge in [-0.25, -0.2) is 0 Å². The molecule has 82 valence electrons. The van der Waals surface area contributed by atoms with Crippen LogP contribution in [0.4, 0.5) is 0 Å². The van der Waals surface area contributed by atoms with E-state index in [1.807, 2.05) is 13.0 Å². The minimum absolute atomic E-state index is 0.0980. The van der Waals surface area contributed by atoms with Crippen LogP contribution in [0, 0.1) is 0 Å². The van der Waals surface area contributed by atoms with Gasteiger partial charge in [-0.05, 0) is 36.2 Å². The standard InChI is InChI=1S/C15H16O/c1-3-10-16-12(2)14-9-8-13-6-4-5-7-15(13)11-14/h3-12H,1-2H3. The van der Waals surface area contributed by atoms with Gasteiger partial charge in [-0.1, -0.05) is 42.5 Å². The summed E-state index contributed by atoms with van der Waals surface area (Å²) >= 11 is 0. The second-order valence-electron chi connectivity index (χ2n) is 3.85. The van der Waals surface area contributed by atoms with Crippen LogP contribution < -0.4 is 0 Å². The highest BCUT2D eigenvalue weighted by Crippen LogP contribution is 2.22. The van der Waals surface area contributed by atoms with E-state index in [0.717, 1.165) is 0 Å². The SMILES string of the molecule is CC=COC(C)c1ccc2ccccc2c1. The quantitative estimate of drug-likeness (QED) is 0.683. The van der Waals surface area contributed by atoms with E-state index in [1.54, 1.807) is 6.26 Å². The third-order valence-electron chi connectivity index (χ3n) is 2.66. The van der Waals surface area contributed by atoms with Gasteiger partial charge < -0.3 is 4.74 Å². The Bertz CT molecular complexity index is 500. The van der Waals surface area contributed by atoms with Gasteiger partial charge in [0.15, 0.2) is 0 Å². The van der Waals surface area contributed by atoms with Crippen LogP contribution in [0.25, 0.3) is 10.8 Å². The molecule has 0 aliphatic heterocycles. The number of benzene rings is 2. The topological polar surface area (TPSA) is 9.23 Å². The van der Waals surface area contributed by atoms with Gasteiger partial charge in [0.1, 0.15) is 6.10 Å². The molecule has 1 nitrogen and oxygen atoms in total. The molecule has 0 bridgehead atoms. The lowest BCUT2D eigenvalue weighted by molar-refractivity contribution is 0.164. The summed E-state index contributed by atoms with van der Waals surface area (Å²) in [6, 6.07) is 14.8. The smallest absolute Gasteiger partial charge is 0.120 e. The van der Waals surface area contributed by atoms with Crippen molar-refractivity contribution in [3.63, 3.8) is 0 Å². The first-order chi connectivity index (χ1) is 7.81. The molecule has 0 aromatic heterocycles. The molecule has 2 aromatic carbocycles. The predicted octanol–water partition coefficient (Wildman–Crippen LogP) is 4.45. The molecule has 0 saturated carbocycles. The molecule has 16 heavy (non-hydrogen) atoms. The average Bonchev–Trinajstić information content (AvgIpc) is 2.35. The zero-order valence-corrected chi connectivity index (χ0v) is 9.68. The second-order valence-corrected chi connectivity index (χ2v) is 3.85. The minimum atomic E-state index is 0.0980. The average molecular weight is 212 g/mol. The van der Waals surface area contributed by atoms with Gasteiger partial charge in [-0.2, -0.15) is 0 Å². The van der Waals surface area contributed by atoms with Gasteiger partial charge in [-0.15, -0.1) is 0 Å². The summed E-state index contributed by atoms with van der Waals surface area (Å²) in [5.41, 5.74) is 1.21. The van der Waals surface area contributed by atoms with E-state index < -0.39 is 0 Å². The molecule has 2 aromatic rings. The van der Waals surface area contributed by atoms with Crippen molar-refractivity contribution in [1.29, 1.82) is 0 Å². The van der Waals surface area contributed by atoms with Crippen LogP contribution in [-0.4, -0.2) is 0 Å². The van der Waals surface area contributed by atoms with Crippen LogP contribution >= 0.6 is 0 Å². The number of hydrogen-bond acceptors (Lipinski definition) is 1. The van der Waals surface area contributed by atoms with Gasteiger partial charge in [0.25, 0.3) is 0 Å². The van der Waals surface area contributed by atoms with Gasteiger partial charge in [-0.3, -0.25) is 0 Å². The number of rotatable bonds is 3. The largest absolute Gasteiger partial charge is 0.494 e. The minimum Gasteiger partial charge on any atom is -0.494 e. The zero-order chi connectivity index (χ0) is 11.4. The van der Waals surface area contributed by atoms with Crippen LogP contribution in [0.15, 0.2) is 54.8 Å². The van der Waals surface area contributed by atoms with Gasteiger partial charge in [0.05, 0.1) is 6.26 Å². The molecule has 0 radical (unpaired) electrons. The highest BCUT2D eigenvalue weighted by Gasteiger charge is 2.04. The normalized spacial score (nSPS) is 13.1. The summed E-state index contributed by atoms with van der Waals surface area (Å²) in [7, 11) is 0. The highest BCUT2D eigenvalue weighted by molar-refractivity contribution is 5.83. The summed E-state index contributed by atoms with van der Waals surface area (Å²) in [6.45, 7) is 4.01. The Morgan fingerprint density at radius 2 is 1.81 bits per heavy atom. The number of fused-ring (bicyclic) bond motifs is 1. The first kappa shape index (κ1) is 10.7. The molecule has 0 heterocycles. The molecule has 0 aliphatic rings. The Morgan fingerprint density at radius 1 is 1.06 bits per heavy atom. The van der Waals surface area contributed by atoms with Crippen molar-refractivity contribution >= 4 is 10.8 Å².